The number of likely N-dealkylation sites (tertiary alicyclic amines) is 1. The quantitative estimate of drug-likeness (QED) is 0.0966. The van der Waals surface area contributed by atoms with Crippen molar-refractivity contribution in [2.24, 2.45) is 10.4 Å². The normalized spacial score (nSPS) is 18.2. The Hall–Kier alpha value is -6.76. The number of hydrogen-bond donors (Lipinski definition) is 3. The van der Waals surface area contributed by atoms with Gasteiger partial charge in [-0.2, -0.15) is 0 Å². The topological polar surface area (TPSA) is 193 Å². The number of esters is 1. The standard InChI is InChI=1S/C53H59N9O7S2/c1-28-31(4)71-52-45(28)46(56-40(24-44(65)68-9)49-59-58-32(5)62(49)52)34-14-16-37(17-15-34)60-21-20-36-22-39(18-19-41(36)60)69-26-43(64)57-48(53(6,7)8)51(67)61-25-38(63)23-42(61)50(66)55-29(2)33-10-12-35(13-11-33)47-30(3)54-27-70-47/h10-19,22,27,29,38,40,42,48,63H,20-21,23-26H2,1-9H3,(H,55,66)(H,57,64)/t29-,38+,40-,42-,48?/m0/s1. The van der Waals surface area contributed by atoms with Gasteiger partial charge in [-0.1, -0.05) is 57.2 Å². The summed E-state index contributed by atoms with van der Waals surface area (Å²) in [5.41, 5.74) is 10.9. The summed E-state index contributed by atoms with van der Waals surface area (Å²) in [5, 5.41) is 26.5. The molecule has 0 saturated carbocycles. The minimum absolute atomic E-state index is 0.0279. The number of carbonyl (C=O) groups excluding carboxylic acids is 4. The van der Waals surface area contributed by atoms with Crippen molar-refractivity contribution < 1.29 is 33.8 Å². The van der Waals surface area contributed by atoms with E-state index in [0.29, 0.717) is 11.6 Å². The molecule has 370 valence electrons. The maximum absolute atomic E-state index is 14.3. The Bertz CT molecular complexity index is 3040. The third-order valence-corrected chi connectivity index (χ3v) is 15.8. The van der Waals surface area contributed by atoms with Crippen molar-refractivity contribution in [3.8, 4) is 21.2 Å². The summed E-state index contributed by atoms with van der Waals surface area (Å²) in [5.74, 6) is 0.155. The van der Waals surface area contributed by atoms with Gasteiger partial charge >= 0.3 is 5.97 Å². The molecular formula is C53H59N9O7S2. The second-order valence-electron chi connectivity index (χ2n) is 19.6. The number of anilines is 2. The molecule has 3 aromatic carbocycles. The second-order valence-corrected chi connectivity index (χ2v) is 21.6. The van der Waals surface area contributed by atoms with Gasteiger partial charge in [0.2, 0.25) is 11.8 Å². The number of nitrogens with zero attached hydrogens (tertiary/aromatic N) is 7. The van der Waals surface area contributed by atoms with Gasteiger partial charge in [0.15, 0.2) is 12.4 Å². The van der Waals surface area contributed by atoms with E-state index in [4.69, 9.17) is 14.5 Å². The molecular weight excluding hydrogens is 939 g/mol. The Morgan fingerprint density at radius 3 is 2.37 bits per heavy atom. The van der Waals surface area contributed by atoms with E-state index in [2.05, 4.69) is 68.8 Å². The van der Waals surface area contributed by atoms with E-state index in [0.717, 1.165) is 89.7 Å². The number of amides is 3. The van der Waals surface area contributed by atoms with Crippen LogP contribution in [0, 0.1) is 33.1 Å². The zero-order chi connectivity index (χ0) is 50.5. The number of thiophene rings is 1. The molecule has 0 spiro atoms. The van der Waals surface area contributed by atoms with Crippen LogP contribution in [-0.2, 0) is 30.3 Å². The number of aromatic nitrogens is 4. The van der Waals surface area contributed by atoms with Crippen LogP contribution in [0.2, 0.25) is 0 Å². The molecule has 71 heavy (non-hydrogen) atoms. The molecule has 5 atom stereocenters. The van der Waals surface area contributed by atoms with Gasteiger partial charge in [0.1, 0.15) is 34.7 Å². The average Bonchev–Trinajstić information content (AvgIpc) is 4.19. The maximum atomic E-state index is 14.3. The highest BCUT2D eigenvalue weighted by atomic mass is 32.1. The fourth-order valence-corrected chi connectivity index (χ4v) is 11.7. The predicted molar refractivity (Wildman–Crippen MR) is 274 cm³/mol. The fraction of sp³-hybridized carbons (Fsp3) is 0.396. The zero-order valence-corrected chi connectivity index (χ0v) is 43.0. The number of carbonyl (C=O) groups is 4. The molecule has 1 saturated heterocycles. The first-order valence-electron chi connectivity index (χ1n) is 23.8. The molecule has 0 bridgehead atoms. The van der Waals surface area contributed by atoms with Crippen molar-refractivity contribution in [3.63, 3.8) is 0 Å². The second kappa shape index (κ2) is 19.8. The number of aryl methyl sites for hydroxylation is 3. The van der Waals surface area contributed by atoms with E-state index in [9.17, 15) is 24.3 Å². The Morgan fingerprint density at radius 1 is 0.944 bits per heavy atom. The van der Waals surface area contributed by atoms with Crippen LogP contribution in [0.5, 0.6) is 5.75 Å². The third-order valence-electron chi connectivity index (χ3n) is 13.7. The number of fused-ring (bicyclic) bond motifs is 4. The summed E-state index contributed by atoms with van der Waals surface area (Å²) < 4.78 is 13.1. The van der Waals surface area contributed by atoms with E-state index in [1.807, 2.05) is 94.1 Å². The van der Waals surface area contributed by atoms with Crippen molar-refractivity contribution >= 4 is 63.5 Å². The van der Waals surface area contributed by atoms with Crippen LogP contribution in [0.4, 0.5) is 11.4 Å². The van der Waals surface area contributed by atoms with Crippen LogP contribution >= 0.6 is 22.7 Å². The molecule has 6 aromatic rings. The molecule has 3 aliphatic heterocycles. The minimum Gasteiger partial charge on any atom is -0.484 e. The molecule has 9 rings (SSSR count). The van der Waals surface area contributed by atoms with E-state index < -0.39 is 41.5 Å². The monoisotopic (exact) mass is 997 g/mol. The van der Waals surface area contributed by atoms with Crippen LogP contribution < -0.4 is 20.3 Å². The molecule has 3 amide bonds. The van der Waals surface area contributed by atoms with Gasteiger partial charge in [-0.3, -0.25) is 28.7 Å². The van der Waals surface area contributed by atoms with E-state index >= 15 is 0 Å². The number of aliphatic imine (C=N–C) groups is 1. The Labute approximate surface area is 421 Å². The largest absolute Gasteiger partial charge is 0.484 e. The van der Waals surface area contributed by atoms with E-state index in [1.54, 1.807) is 22.7 Å². The van der Waals surface area contributed by atoms with Gasteiger partial charge in [0.05, 0.1) is 47.5 Å². The number of ether oxygens (including phenoxy) is 2. The number of aliphatic hydroxyl groups excluding tert-OH is 1. The van der Waals surface area contributed by atoms with Gasteiger partial charge in [-0.15, -0.1) is 32.9 Å². The van der Waals surface area contributed by atoms with Crippen LogP contribution in [0.15, 0.2) is 77.2 Å². The first kappa shape index (κ1) is 49.2. The number of rotatable bonds is 13. The average molecular weight is 998 g/mol. The third kappa shape index (κ3) is 9.84. The SMILES string of the molecule is COC(=O)C[C@@H]1N=C(c2ccc(N3CCc4cc(OCC(=O)NC(C(=O)N5C[C@H](O)C[C@H]5C(=O)N[C@@H](C)c5ccc(-c6scnc6C)cc5)C(C)(C)C)ccc43)cc2)c2c(sc(C)c2C)-n2c(C)nnc21. The Morgan fingerprint density at radius 2 is 1.68 bits per heavy atom. The highest BCUT2D eigenvalue weighted by Gasteiger charge is 2.45. The van der Waals surface area contributed by atoms with Crippen molar-refractivity contribution in [2.75, 3.05) is 31.7 Å². The Balaban J connectivity index is 0.843. The van der Waals surface area contributed by atoms with Crippen molar-refractivity contribution in [1.29, 1.82) is 0 Å². The molecule has 16 nitrogen and oxygen atoms in total. The maximum Gasteiger partial charge on any atom is 0.308 e. The van der Waals surface area contributed by atoms with Gasteiger partial charge in [-0.05, 0) is 99.0 Å². The van der Waals surface area contributed by atoms with Crippen molar-refractivity contribution in [1.82, 2.24) is 35.3 Å². The number of β-amino-alcohol motifs (C(OH)–C–C–N with tert-alkyl or cyclic N) is 1. The zero-order valence-electron chi connectivity index (χ0n) is 41.4. The molecule has 6 heterocycles. The summed E-state index contributed by atoms with van der Waals surface area (Å²) in [6.07, 6.45) is -0.0245. The number of nitrogens with one attached hydrogen (secondary N) is 2. The molecule has 0 radical (unpaired) electrons. The molecule has 1 fully saturated rings. The number of benzene rings is 3. The lowest BCUT2D eigenvalue weighted by molar-refractivity contribution is -0.144. The summed E-state index contributed by atoms with van der Waals surface area (Å²) in [6, 6.07) is 19.1. The summed E-state index contributed by atoms with van der Waals surface area (Å²) in [7, 11) is 1.37. The number of thiazole rings is 1. The Kier molecular flexibility index (Phi) is 13.7. The van der Waals surface area contributed by atoms with Crippen LogP contribution in [0.25, 0.3) is 15.4 Å². The first-order chi connectivity index (χ1) is 33.9. The highest BCUT2D eigenvalue weighted by molar-refractivity contribution is 7.15. The van der Waals surface area contributed by atoms with Crippen molar-refractivity contribution in [3.05, 3.63) is 122 Å². The molecule has 3 N–H and O–H groups in total. The molecule has 3 aromatic heterocycles. The molecule has 18 heteroatoms. The first-order valence-corrected chi connectivity index (χ1v) is 25.5. The predicted octanol–water partition coefficient (Wildman–Crippen LogP) is 7.58. The van der Waals surface area contributed by atoms with E-state index in [-0.39, 0.29) is 43.9 Å². The van der Waals surface area contributed by atoms with Gasteiger partial charge in [-0.25, -0.2) is 4.98 Å². The van der Waals surface area contributed by atoms with Gasteiger partial charge in [0, 0.05) is 46.9 Å². The molecule has 1 unspecified atom stereocenters. The lowest BCUT2D eigenvalue weighted by Gasteiger charge is -2.35. The summed E-state index contributed by atoms with van der Waals surface area (Å²) >= 11 is 3.23. The number of methoxy groups -OCH3 is 1. The smallest absolute Gasteiger partial charge is 0.308 e. The van der Waals surface area contributed by atoms with Gasteiger partial charge in [0.25, 0.3) is 5.91 Å². The van der Waals surface area contributed by atoms with Crippen LogP contribution in [-0.4, -0.2) is 104 Å². The minimum atomic E-state index is -0.999. The fourth-order valence-electron chi connectivity index (χ4n) is 9.67. The molecule has 3 aliphatic rings. The highest BCUT2D eigenvalue weighted by Crippen LogP contribution is 2.41. The van der Waals surface area contributed by atoms with Gasteiger partial charge < -0.3 is 35.0 Å². The van der Waals surface area contributed by atoms with Crippen LogP contribution in [0.3, 0.4) is 0 Å². The van der Waals surface area contributed by atoms with Crippen molar-refractivity contribution in [2.45, 2.75) is 105 Å². The summed E-state index contributed by atoms with van der Waals surface area (Å²) in [6.45, 7) is 15.9. The lowest BCUT2D eigenvalue weighted by atomic mass is 9.85. The lowest BCUT2D eigenvalue weighted by Crippen LogP contribution is -2.58. The summed E-state index contributed by atoms with van der Waals surface area (Å²) in [4.78, 5) is 69.7. The van der Waals surface area contributed by atoms with Crippen LogP contribution in [0.1, 0.15) is 103 Å². The molecule has 0 aliphatic carbocycles. The van der Waals surface area contributed by atoms with E-state index in [1.165, 1.54) is 12.0 Å². The number of aliphatic hydroxyl groups is 1. The number of hydrogen-bond acceptors (Lipinski definition) is 14.